The van der Waals surface area contributed by atoms with Crippen LogP contribution in [-0.2, 0) is 0 Å². The molecular weight excluding hydrogens is 177 g/mol. The molecule has 5 heteroatoms. The summed E-state index contributed by atoms with van der Waals surface area (Å²) in [6.45, 7) is 0. The zero-order chi connectivity index (χ0) is 3.58. The first-order chi connectivity index (χ1) is 1.73. The van der Waals surface area contributed by atoms with Crippen LogP contribution >= 0.6 is 0 Å². The van der Waals surface area contributed by atoms with E-state index >= 15 is 0 Å². The van der Waals surface area contributed by atoms with Crippen LogP contribution in [0.4, 0.5) is 0 Å². The number of hydrogen-bond acceptors (Lipinski definition) is 3. The molecular formula is InNO3. The Balaban J connectivity index is 0. The monoisotopic (exact) mass is 177 g/mol. The molecule has 0 spiro atoms. The molecule has 0 aromatic heterocycles. The molecule has 0 fully saturated rings. The van der Waals surface area contributed by atoms with Crippen LogP contribution in [0.15, 0.2) is 0 Å². The molecule has 2 radical (unpaired) electrons. The second-order valence-corrected chi connectivity index (χ2v) is 0.224. The summed E-state index contributed by atoms with van der Waals surface area (Å²) in [5.74, 6) is 0. The van der Waals surface area contributed by atoms with Gasteiger partial charge in [-0.15, -0.1) is 0 Å². The first-order valence-electron chi connectivity index (χ1n) is 0.548. The summed E-state index contributed by atoms with van der Waals surface area (Å²) >= 11 is 0. The van der Waals surface area contributed by atoms with Gasteiger partial charge in [0.1, 0.15) is 0 Å². The topological polar surface area (TPSA) is 66.2 Å². The molecule has 0 saturated heterocycles. The zero-order valence-corrected chi connectivity index (χ0v) is 5.54. The van der Waals surface area contributed by atoms with Crippen molar-refractivity contribution in [2.75, 3.05) is 0 Å². The van der Waals surface area contributed by atoms with E-state index in [1.165, 1.54) is 0 Å². The zero-order valence-electron chi connectivity index (χ0n) is 2.25. The van der Waals surface area contributed by atoms with E-state index in [-0.39, 0.29) is 25.8 Å². The van der Waals surface area contributed by atoms with Crippen molar-refractivity contribution >= 4 is 25.8 Å². The quantitative estimate of drug-likeness (QED) is 0.365. The van der Waals surface area contributed by atoms with Crippen LogP contribution in [-0.4, -0.2) is 30.9 Å². The smallest absolute Gasteiger partial charge is 0.356 e. The van der Waals surface area contributed by atoms with E-state index < -0.39 is 5.09 Å². The van der Waals surface area contributed by atoms with Crippen molar-refractivity contribution in [3.8, 4) is 0 Å². The van der Waals surface area contributed by atoms with Crippen LogP contribution in [0, 0.1) is 15.3 Å². The fourth-order valence-corrected chi connectivity index (χ4v) is 0. The molecule has 5 heavy (non-hydrogen) atoms. The van der Waals surface area contributed by atoms with Gasteiger partial charge in [-0.05, 0) is 0 Å². The molecule has 0 aliphatic heterocycles. The first-order valence-corrected chi connectivity index (χ1v) is 0.548. The molecule has 0 rings (SSSR count). The number of rotatable bonds is 0. The summed E-state index contributed by atoms with van der Waals surface area (Å²) in [5, 5.41) is 14.8. The molecule has 0 aliphatic carbocycles. The second kappa shape index (κ2) is 4.07. The Morgan fingerprint density at radius 3 is 1.40 bits per heavy atom. The van der Waals surface area contributed by atoms with Crippen LogP contribution in [0.3, 0.4) is 0 Å². The summed E-state index contributed by atoms with van der Waals surface area (Å²) < 4.78 is 0. The normalized spacial score (nSPS) is 4.80. The molecule has 0 atom stereocenters. The Labute approximate surface area is 46.7 Å². The van der Waals surface area contributed by atoms with Crippen molar-refractivity contribution in [1.29, 1.82) is 0 Å². The van der Waals surface area contributed by atoms with Gasteiger partial charge in [0.25, 0.3) is 0 Å². The molecule has 0 unspecified atom stereocenters. The van der Waals surface area contributed by atoms with Gasteiger partial charge in [-0.1, -0.05) is 0 Å². The predicted molar refractivity (Wildman–Crippen MR) is 16.1 cm³/mol. The molecule has 26 valence electrons. The van der Waals surface area contributed by atoms with Crippen LogP contribution in [0.5, 0.6) is 0 Å². The van der Waals surface area contributed by atoms with Crippen LogP contribution in [0.25, 0.3) is 0 Å². The van der Waals surface area contributed by atoms with Gasteiger partial charge >= 0.3 is 25.8 Å². The van der Waals surface area contributed by atoms with Gasteiger partial charge in [-0.2, -0.15) is 0 Å². The number of nitrogens with zero attached hydrogens (tertiary/aromatic N) is 1. The minimum atomic E-state index is -1.75. The molecule has 4 nitrogen and oxygen atoms in total. The predicted octanol–water partition coefficient (Wildman–Crippen LogP) is -0.620. The van der Waals surface area contributed by atoms with E-state index in [0.29, 0.717) is 0 Å². The van der Waals surface area contributed by atoms with Crippen LogP contribution < -0.4 is 0 Å². The minimum absolute atomic E-state index is 0. The van der Waals surface area contributed by atoms with Crippen molar-refractivity contribution in [3.05, 3.63) is 15.3 Å². The van der Waals surface area contributed by atoms with Gasteiger partial charge in [0.15, 0.2) is 0 Å². The first kappa shape index (κ1) is 8.91. The van der Waals surface area contributed by atoms with E-state index in [4.69, 9.17) is 15.3 Å². The summed E-state index contributed by atoms with van der Waals surface area (Å²) in [7, 11) is 0. The Morgan fingerprint density at radius 2 is 1.40 bits per heavy atom. The van der Waals surface area contributed by atoms with E-state index in [1.54, 1.807) is 0 Å². The van der Waals surface area contributed by atoms with Crippen LogP contribution in [0.2, 0.25) is 0 Å². The fourth-order valence-electron chi connectivity index (χ4n) is 0. The maximum atomic E-state index is 8.25. The van der Waals surface area contributed by atoms with Crippen molar-refractivity contribution in [1.82, 2.24) is 0 Å². The Hall–Kier alpha value is 0.0701. The van der Waals surface area contributed by atoms with Gasteiger partial charge < -0.3 is 15.3 Å². The standard InChI is InChI=1S/In.NO3/c;2-1(3)4/q+1;-1. The van der Waals surface area contributed by atoms with Crippen LogP contribution in [0.1, 0.15) is 0 Å². The van der Waals surface area contributed by atoms with E-state index in [1.807, 2.05) is 0 Å². The van der Waals surface area contributed by atoms with Crippen molar-refractivity contribution < 1.29 is 5.09 Å². The third-order valence-electron chi connectivity index (χ3n) is 0. The maximum absolute atomic E-state index is 8.25. The third kappa shape index (κ3) is 3550. The summed E-state index contributed by atoms with van der Waals surface area (Å²) in [5.41, 5.74) is 0. The summed E-state index contributed by atoms with van der Waals surface area (Å²) in [6, 6.07) is 0. The van der Waals surface area contributed by atoms with Crippen molar-refractivity contribution in [3.63, 3.8) is 0 Å². The van der Waals surface area contributed by atoms with Crippen molar-refractivity contribution in [2.24, 2.45) is 0 Å². The molecule has 0 aromatic carbocycles. The Morgan fingerprint density at radius 1 is 1.40 bits per heavy atom. The third-order valence-corrected chi connectivity index (χ3v) is 0. The molecule has 0 bridgehead atoms. The Bertz CT molecular complexity index is 29.9. The SMILES string of the molecule is O=[N+]([O-])[O-].[In+]. The van der Waals surface area contributed by atoms with Gasteiger partial charge in [-0.25, -0.2) is 0 Å². The number of hydrogen-bond donors (Lipinski definition) is 0. The van der Waals surface area contributed by atoms with Gasteiger partial charge in [-0.3, -0.25) is 0 Å². The largest absolute Gasteiger partial charge is 1.00 e. The van der Waals surface area contributed by atoms with Gasteiger partial charge in [0, 0.05) is 0 Å². The molecule has 0 aliphatic rings. The molecule has 0 heterocycles. The van der Waals surface area contributed by atoms with E-state index in [2.05, 4.69) is 0 Å². The van der Waals surface area contributed by atoms with Crippen molar-refractivity contribution in [2.45, 2.75) is 0 Å². The molecule has 0 N–H and O–H groups in total. The molecule has 0 saturated carbocycles. The van der Waals surface area contributed by atoms with E-state index in [0.717, 1.165) is 0 Å². The average molecular weight is 177 g/mol. The fraction of sp³-hybridized carbons (Fsp3) is 0. The maximum Gasteiger partial charge on any atom is 1.00 e. The van der Waals surface area contributed by atoms with Gasteiger partial charge in [0.2, 0.25) is 0 Å². The Kier molecular flexibility index (Phi) is 7.25. The summed E-state index contributed by atoms with van der Waals surface area (Å²) in [4.78, 5) is 8.25. The summed E-state index contributed by atoms with van der Waals surface area (Å²) in [6.07, 6.45) is 0. The molecule has 0 amide bonds. The minimum Gasteiger partial charge on any atom is -0.356 e. The second-order valence-electron chi connectivity index (χ2n) is 0.224. The van der Waals surface area contributed by atoms with E-state index in [9.17, 15) is 0 Å². The average Bonchev–Trinajstić information content (AvgIpc) is 0.811. The molecule has 0 aromatic rings. The van der Waals surface area contributed by atoms with Gasteiger partial charge in [0.05, 0.1) is 5.09 Å².